The molecular weight excluding hydrogens is 540 g/mol. The first-order valence-electron chi connectivity index (χ1n) is 15.1. The quantitative estimate of drug-likeness (QED) is 0.193. The van der Waals surface area contributed by atoms with Crippen LogP contribution in [0.25, 0.3) is 0 Å². The number of carbonyl (C=O) groups excluding carboxylic acids is 2. The van der Waals surface area contributed by atoms with E-state index in [1.807, 2.05) is 12.1 Å². The molecule has 2 atom stereocenters. The van der Waals surface area contributed by atoms with E-state index in [0.717, 1.165) is 51.7 Å². The van der Waals surface area contributed by atoms with Gasteiger partial charge < -0.3 is 28.4 Å². The fourth-order valence-electron chi connectivity index (χ4n) is 5.69. The molecule has 0 amide bonds. The van der Waals surface area contributed by atoms with Gasteiger partial charge in [0.1, 0.15) is 34.8 Å². The summed E-state index contributed by atoms with van der Waals surface area (Å²) < 4.78 is 33.9. The van der Waals surface area contributed by atoms with Gasteiger partial charge in [-0.2, -0.15) is 10.5 Å². The Morgan fingerprint density at radius 3 is 1.40 bits per heavy atom. The van der Waals surface area contributed by atoms with E-state index >= 15 is 0 Å². The third kappa shape index (κ3) is 7.87. The van der Waals surface area contributed by atoms with Crippen molar-refractivity contribution in [2.24, 2.45) is 11.8 Å². The summed E-state index contributed by atoms with van der Waals surface area (Å²) in [6, 6.07) is 6.76. The van der Waals surface area contributed by atoms with Gasteiger partial charge in [-0.05, 0) is 77.3 Å². The molecule has 5 rings (SSSR count). The first-order chi connectivity index (χ1) is 20.2. The van der Waals surface area contributed by atoms with Gasteiger partial charge in [0.2, 0.25) is 0 Å². The molecule has 1 aromatic rings. The highest BCUT2D eigenvalue weighted by Gasteiger charge is 2.40. The molecule has 0 aromatic heterocycles. The summed E-state index contributed by atoms with van der Waals surface area (Å²) in [5.74, 6) is -1.50. The molecule has 0 N–H and O–H groups in total. The van der Waals surface area contributed by atoms with Gasteiger partial charge in [-0.15, -0.1) is 0 Å². The first-order valence-corrected chi connectivity index (χ1v) is 15.1. The molecule has 2 saturated heterocycles. The van der Waals surface area contributed by atoms with E-state index < -0.39 is 11.9 Å². The summed E-state index contributed by atoms with van der Waals surface area (Å²) in [7, 11) is 0. The third-order valence-electron chi connectivity index (χ3n) is 9.03. The second kappa shape index (κ2) is 13.1. The van der Waals surface area contributed by atoms with E-state index in [-0.39, 0.29) is 57.9 Å². The lowest BCUT2D eigenvalue weighted by Gasteiger charge is -2.28. The van der Waals surface area contributed by atoms with Crippen molar-refractivity contribution >= 4 is 11.9 Å². The van der Waals surface area contributed by atoms with E-state index in [4.69, 9.17) is 28.4 Å². The Bertz CT molecular complexity index is 1130. The van der Waals surface area contributed by atoms with Crippen LogP contribution in [0.4, 0.5) is 0 Å². The predicted molar refractivity (Wildman–Crippen MR) is 148 cm³/mol. The van der Waals surface area contributed by atoms with Crippen LogP contribution in [0.15, 0.2) is 12.1 Å². The van der Waals surface area contributed by atoms with E-state index in [2.05, 4.69) is 13.8 Å². The molecule has 226 valence electrons. The van der Waals surface area contributed by atoms with Crippen molar-refractivity contribution in [1.29, 1.82) is 10.5 Å². The minimum Gasteiger partial charge on any atom is -0.425 e. The average Bonchev–Trinajstić information content (AvgIpc) is 3.92. The Kier molecular flexibility index (Phi) is 9.49. The molecule has 4 aliphatic rings. The molecule has 2 aliphatic carbocycles. The van der Waals surface area contributed by atoms with Crippen molar-refractivity contribution in [2.75, 3.05) is 26.4 Å². The lowest BCUT2D eigenvalue weighted by atomic mass is 9.87. The number of hydrogen-bond acceptors (Lipinski definition) is 10. The van der Waals surface area contributed by atoms with Gasteiger partial charge in [0.25, 0.3) is 0 Å². The van der Waals surface area contributed by atoms with Crippen LogP contribution in [0, 0.1) is 34.5 Å². The second-order valence-corrected chi connectivity index (χ2v) is 12.5. The van der Waals surface area contributed by atoms with E-state index in [1.54, 1.807) is 0 Å². The number of hydrogen-bond donors (Lipinski definition) is 0. The highest BCUT2D eigenvalue weighted by atomic mass is 16.6. The molecule has 0 bridgehead atoms. The molecule has 10 nitrogen and oxygen atoms in total. The summed E-state index contributed by atoms with van der Waals surface area (Å²) in [4.78, 5) is 25.9. The topological polar surface area (TPSA) is 144 Å². The minimum atomic E-state index is -0.435. The normalized spacial score (nSPS) is 31.8. The van der Waals surface area contributed by atoms with Crippen LogP contribution in [-0.4, -0.2) is 61.8 Å². The number of benzene rings is 1. The van der Waals surface area contributed by atoms with Crippen LogP contribution in [0.1, 0.15) is 89.2 Å². The SMILES string of the molecule is CC1(CCOC2CCC(C(=O)Oc3ccc(OC(=O)C4CCC(OCCC5(C)CO5)CC4)c(C#N)c3C#N)CC2)CO1. The fraction of sp³-hybridized carbons (Fsp3) is 0.688. The number of epoxide rings is 2. The van der Waals surface area contributed by atoms with Crippen LogP contribution in [-0.2, 0) is 28.5 Å². The third-order valence-corrected chi connectivity index (χ3v) is 9.03. The van der Waals surface area contributed by atoms with Gasteiger partial charge in [-0.25, -0.2) is 0 Å². The lowest BCUT2D eigenvalue weighted by Crippen LogP contribution is -2.30. The summed E-state index contributed by atoms with van der Waals surface area (Å²) >= 11 is 0. The van der Waals surface area contributed by atoms with E-state index in [9.17, 15) is 20.1 Å². The number of esters is 2. The summed E-state index contributed by atoms with van der Waals surface area (Å²) in [5, 5.41) is 19.6. The van der Waals surface area contributed by atoms with Crippen LogP contribution in [0.3, 0.4) is 0 Å². The standard InChI is InChI=1S/C32H40N2O8/c1-31(19-39-31)13-15-37-23-7-3-21(4-8-23)29(35)41-27-11-12-28(26(18-34)25(27)17-33)42-30(36)22-5-9-24(10-6-22)38-16-14-32(2)20-40-32/h11-12,21-24H,3-10,13-16,19-20H2,1-2H3. The number of carbonyl (C=O) groups is 2. The van der Waals surface area contributed by atoms with E-state index in [1.165, 1.54) is 12.1 Å². The summed E-state index contributed by atoms with van der Waals surface area (Å²) in [6.07, 6.45) is 7.47. The molecule has 10 heteroatoms. The minimum absolute atomic E-state index is 0.00184. The van der Waals surface area contributed by atoms with Crippen molar-refractivity contribution in [2.45, 2.75) is 101 Å². The zero-order chi connectivity index (χ0) is 29.7. The smallest absolute Gasteiger partial charge is 0.314 e. The van der Waals surface area contributed by atoms with Gasteiger partial charge in [0, 0.05) is 26.1 Å². The highest BCUT2D eigenvalue weighted by molar-refractivity contribution is 5.79. The second-order valence-electron chi connectivity index (χ2n) is 12.5. The lowest BCUT2D eigenvalue weighted by molar-refractivity contribution is -0.142. The van der Waals surface area contributed by atoms with Gasteiger partial charge in [-0.3, -0.25) is 9.59 Å². The molecule has 0 spiro atoms. The van der Waals surface area contributed by atoms with Crippen molar-refractivity contribution in [3.8, 4) is 23.6 Å². The van der Waals surface area contributed by atoms with E-state index in [0.29, 0.717) is 38.9 Å². The molecule has 2 saturated carbocycles. The van der Waals surface area contributed by atoms with Crippen LogP contribution in [0.5, 0.6) is 11.5 Å². The molecule has 2 heterocycles. The Labute approximate surface area is 247 Å². The Morgan fingerprint density at radius 2 is 1.10 bits per heavy atom. The Hall–Kier alpha value is -3.02. The van der Waals surface area contributed by atoms with Crippen molar-refractivity contribution in [3.05, 3.63) is 23.3 Å². The Balaban J connectivity index is 1.10. The number of nitrogens with zero attached hydrogens (tertiary/aromatic N) is 2. The average molecular weight is 581 g/mol. The molecule has 1 aromatic carbocycles. The monoisotopic (exact) mass is 580 g/mol. The van der Waals surface area contributed by atoms with Crippen LogP contribution in [0.2, 0.25) is 0 Å². The summed E-state index contributed by atoms with van der Waals surface area (Å²) in [6.45, 7) is 6.99. The number of nitriles is 2. The first kappa shape index (κ1) is 30.4. The largest absolute Gasteiger partial charge is 0.425 e. The van der Waals surface area contributed by atoms with Gasteiger partial charge >= 0.3 is 11.9 Å². The number of ether oxygens (including phenoxy) is 6. The molecule has 2 aliphatic heterocycles. The Morgan fingerprint density at radius 1 is 0.738 bits per heavy atom. The molecule has 4 fully saturated rings. The van der Waals surface area contributed by atoms with Crippen molar-refractivity contribution < 1.29 is 38.0 Å². The summed E-state index contributed by atoms with van der Waals surface area (Å²) in [5.41, 5.74) is -0.299. The van der Waals surface area contributed by atoms with Gasteiger partial charge in [0.15, 0.2) is 0 Å². The zero-order valence-corrected chi connectivity index (χ0v) is 24.5. The maximum Gasteiger partial charge on any atom is 0.314 e. The van der Waals surface area contributed by atoms with Gasteiger partial charge in [0.05, 0.1) is 48.5 Å². The highest BCUT2D eigenvalue weighted by Crippen LogP contribution is 2.35. The molecule has 42 heavy (non-hydrogen) atoms. The maximum atomic E-state index is 12.9. The van der Waals surface area contributed by atoms with Crippen LogP contribution >= 0.6 is 0 Å². The van der Waals surface area contributed by atoms with Crippen molar-refractivity contribution in [1.82, 2.24) is 0 Å². The zero-order valence-electron chi connectivity index (χ0n) is 24.5. The molecule has 0 radical (unpaired) electrons. The molecule has 2 unspecified atom stereocenters. The predicted octanol–water partition coefficient (Wildman–Crippen LogP) is 4.75. The maximum absolute atomic E-state index is 12.9. The van der Waals surface area contributed by atoms with Crippen LogP contribution < -0.4 is 9.47 Å². The number of rotatable bonds is 12. The molecular formula is C32H40N2O8. The van der Waals surface area contributed by atoms with Crippen molar-refractivity contribution in [3.63, 3.8) is 0 Å². The van der Waals surface area contributed by atoms with Gasteiger partial charge in [-0.1, -0.05) is 0 Å². The fourth-order valence-corrected chi connectivity index (χ4v) is 5.69.